The van der Waals surface area contributed by atoms with Gasteiger partial charge in [0, 0.05) is 31.6 Å². The van der Waals surface area contributed by atoms with Crippen molar-refractivity contribution in [2.75, 3.05) is 13.2 Å². The Kier molecular flexibility index (Phi) is 5.48. The van der Waals surface area contributed by atoms with Gasteiger partial charge in [0.15, 0.2) is 0 Å². The Balaban J connectivity index is 1.47. The van der Waals surface area contributed by atoms with E-state index in [2.05, 4.69) is 10.6 Å². The highest BCUT2D eigenvalue weighted by atomic mass is 19.1. The van der Waals surface area contributed by atoms with E-state index >= 15 is 0 Å². The Morgan fingerprint density at radius 3 is 2.83 bits per heavy atom. The zero-order chi connectivity index (χ0) is 16.8. The predicted octanol–water partition coefficient (Wildman–Crippen LogP) is 2.65. The van der Waals surface area contributed by atoms with Crippen molar-refractivity contribution in [1.82, 2.24) is 15.2 Å². The first-order valence-electron chi connectivity index (χ1n) is 8.22. The Morgan fingerprint density at radius 1 is 1.25 bits per heavy atom. The first-order valence-corrected chi connectivity index (χ1v) is 8.22. The van der Waals surface area contributed by atoms with Crippen LogP contribution in [-0.2, 0) is 17.8 Å². The first-order chi connectivity index (χ1) is 11.7. The summed E-state index contributed by atoms with van der Waals surface area (Å²) in [5.41, 5.74) is 2.00. The van der Waals surface area contributed by atoms with E-state index in [0.29, 0.717) is 19.6 Å². The van der Waals surface area contributed by atoms with Gasteiger partial charge in [0.1, 0.15) is 5.82 Å². The average Bonchev–Trinajstić information content (AvgIpc) is 3.25. The lowest BCUT2D eigenvalue weighted by molar-refractivity contribution is 0.111. The largest absolute Gasteiger partial charge is 0.376 e. The summed E-state index contributed by atoms with van der Waals surface area (Å²) in [4.78, 5) is 11.9. The van der Waals surface area contributed by atoms with Crippen molar-refractivity contribution in [2.24, 2.45) is 0 Å². The van der Waals surface area contributed by atoms with Crippen LogP contribution in [0.1, 0.15) is 24.1 Å². The van der Waals surface area contributed by atoms with Crippen LogP contribution in [0.15, 0.2) is 42.6 Å². The molecule has 1 aromatic carbocycles. The number of rotatable bonds is 6. The lowest BCUT2D eigenvalue weighted by Gasteiger charge is -2.13. The molecular weight excluding hydrogens is 309 g/mol. The number of nitrogens with one attached hydrogen (secondary N) is 2. The van der Waals surface area contributed by atoms with Crippen LogP contribution in [0, 0.1) is 5.82 Å². The van der Waals surface area contributed by atoms with Crippen LogP contribution < -0.4 is 10.6 Å². The van der Waals surface area contributed by atoms with E-state index in [9.17, 15) is 9.18 Å². The maximum Gasteiger partial charge on any atom is 0.315 e. The molecule has 0 spiro atoms. The van der Waals surface area contributed by atoms with Crippen molar-refractivity contribution in [3.05, 3.63) is 59.7 Å². The summed E-state index contributed by atoms with van der Waals surface area (Å²) in [7, 11) is 0. The third-order valence-corrected chi connectivity index (χ3v) is 4.13. The topological polar surface area (TPSA) is 55.3 Å². The van der Waals surface area contributed by atoms with Crippen LogP contribution in [0.4, 0.5) is 9.18 Å². The van der Waals surface area contributed by atoms with Gasteiger partial charge in [-0.15, -0.1) is 0 Å². The number of hydrogen-bond donors (Lipinski definition) is 2. The molecule has 1 aliphatic rings. The van der Waals surface area contributed by atoms with Gasteiger partial charge in [-0.25, -0.2) is 9.18 Å². The van der Waals surface area contributed by atoms with Crippen LogP contribution in [0.2, 0.25) is 0 Å². The van der Waals surface area contributed by atoms with E-state index in [-0.39, 0.29) is 18.0 Å². The smallest absolute Gasteiger partial charge is 0.315 e. The first kappa shape index (κ1) is 16.5. The summed E-state index contributed by atoms with van der Waals surface area (Å²) >= 11 is 0. The second-order valence-electron chi connectivity index (χ2n) is 5.95. The summed E-state index contributed by atoms with van der Waals surface area (Å²) in [5, 5.41) is 5.69. The predicted molar refractivity (Wildman–Crippen MR) is 89.1 cm³/mol. The number of nitrogens with zero attached hydrogens (tertiary/aromatic N) is 1. The molecule has 1 atom stereocenters. The average molecular weight is 331 g/mol. The molecule has 24 heavy (non-hydrogen) atoms. The van der Waals surface area contributed by atoms with Crippen LogP contribution >= 0.6 is 0 Å². The molecule has 5 nitrogen and oxygen atoms in total. The normalized spacial score (nSPS) is 17.0. The molecule has 0 aliphatic carbocycles. The number of urea groups is 1. The van der Waals surface area contributed by atoms with Crippen LogP contribution in [0.5, 0.6) is 0 Å². The second-order valence-corrected chi connectivity index (χ2v) is 5.95. The van der Waals surface area contributed by atoms with Gasteiger partial charge < -0.3 is 19.9 Å². The van der Waals surface area contributed by atoms with Crippen LogP contribution in [0.25, 0.3) is 0 Å². The third-order valence-electron chi connectivity index (χ3n) is 4.13. The number of aromatic nitrogens is 1. The standard InChI is InChI=1S/C18H22FN3O2/c19-15-7-5-14(6-8-15)13-22-9-1-3-16(22)11-20-18(23)21-12-17-4-2-10-24-17/h1,3,5-9,17H,2,4,10-13H2,(H2,20,21,23). The fourth-order valence-corrected chi connectivity index (χ4v) is 2.80. The fourth-order valence-electron chi connectivity index (χ4n) is 2.80. The lowest BCUT2D eigenvalue weighted by atomic mass is 10.2. The summed E-state index contributed by atoms with van der Waals surface area (Å²) in [5.74, 6) is -0.240. The zero-order valence-corrected chi connectivity index (χ0v) is 13.5. The van der Waals surface area contributed by atoms with Crippen molar-refractivity contribution in [3.63, 3.8) is 0 Å². The van der Waals surface area contributed by atoms with Crippen LogP contribution in [0.3, 0.4) is 0 Å². The van der Waals surface area contributed by atoms with E-state index in [0.717, 1.165) is 30.7 Å². The lowest BCUT2D eigenvalue weighted by Crippen LogP contribution is -2.39. The highest BCUT2D eigenvalue weighted by molar-refractivity contribution is 5.73. The molecule has 2 N–H and O–H groups in total. The fraction of sp³-hybridized carbons (Fsp3) is 0.389. The Morgan fingerprint density at radius 2 is 2.08 bits per heavy atom. The van der Waals surface area contributed by atoms with Gasteiger partial charge in [0.05, 0.1) is 12.6 Å². The summed E-state index contributed by atoms with van der Waals surface area (Å²) < 4.78 is 20.5. The molecule has 2 aromatic rings. The quantitative estimate of drug-likeness (QED) is 0.855. The molecule has 1 unspecified atom stereocenters. The SMILES string of the molecule is O=C(NCc1cccn1Cc1ccc(F)cc1)NCC1CCCO1. The van der Waals surface area contributed by atoms with Gasteiger partial charge in [0.2, 0.25) is 0 Å². The highest BCUT2D eigenvalue weighted by Crippen LogP contribution is 2.11. The molecule has 0 radical (unpaired) electrons. The molecule has 3 rings (SSSR count). The molecule has 1 aliphatic heterocycles. The van der Waals surface area contributed by atoms with E-state index < -0.39 is 0 Å². The molecule has 0 bridgehead atoms. The van der Waals surface area contributed by atoms with E-state index in [1.807, 2.05) is 22.9 Å². The second kappa shape index (κ2) is 7.97. The Bertz CT molecular complexity index is 663. The van der Waals surface area contributed by atoms with Crippen LogP contribution in [-0.4, -0.2) is 29.9 Å². The summed E-state index contributed by atoms with van der Waals surface area (Å²) in [6.45, 7) is 2.40. The number of ether oxygens (including phenoxy) is 1. The van der Waals surface area contributed by atoms with E-state index in [1.165, 1.54) is 12.1 Å². The molecular formula is C18H22FN3O2. The zero-order valence-electron chi connectivity index (χ0n) is 13.5. The minimum atomic E-state index is -0.240. The summed E-state index contributed by atoms with van der Waals surface area (Å²) in [6, 6.07) is 10.1. The number of carbonyl (C=O) groups is 1. The number of benzene rings is 1. The molecule has 1 aromatic heterocycles. The monoisotopic (exact) mass is 331 g/mol. The Hall–Kier alpha value is -2.34. The van der Waals surface area contributed by atoms with E-state index in [4.69, 9.17) is 4.74 Å². The highest BCUT2D eigenvalue weighted by Gasteiger charge is 2.16. The molecule has 2 heterocycles. The number of hydrogen-bond acceptors (Lipinski definition) is 2. The molecule has 0 saturated carbocycles. The van der Waals surface area contributed by atoms with Gasteiger partial charge in [-0.3, -0.25) is 0 Å². The van der Waals surface area contributed by atoms with Crippen molar-refractivity contribution in [3.8, 4) is 0 Å². The Labute approximate surface area is 140 Å². The maximum atomic E-state index is 13.0. The van der Waals surface area contributed by atoms with Gasteiger partial charge in [-0.2, -0.15) is 0 Å². The molecule has 2 amide bonds. The number of halogens is 1. The molecule has 1 fully saturated rings. The molecule has 6 heteroatoms. The number of carbonyl (C=O) groups excluding carboxylic acids is 1. The third kappa shape index (κ3) is 4.58. The van der Waals surface area contributed by atoms with Crippen molar-refractivity contribution >= 4 is 6.03 Å². The summed E-state index contributed by atoms with van der Waals surface area (Å²) in [6.07, 6.45) is 4.15. The number of amides is 2. The minimum Gasteiger partial charge on any atom is -0.376 e. The van der Waals surface area contributed by atoms with E-state index in [1.54, 1.807) is 12.1 Å². The molecule has 128 valence electrons. The van der Waals surface area contributed by atoms with Crippen molar-refractivity contribution in [1.29, 1.82) is 0 Å². The van der Waals surface area contributed by atoms with Gasteiger partial charge in [-0.05, 0) is 42.7 Å². The molecule has 1 saturated heterocycles. The maximum absolute atomic E-state index is 13.0. The van der Waals surface area contributed by atoms with Crippen molar-refractivity contribution < 1.29 is 13.9 Å². The van der Waals surface area contributed by atoms with Gasteiger partial charge in [0.25, 0.3) is 0 Å². The minimum absolute atomic E-state index is 0.137. The van der Waals surface area contributed by atoms with Gasteiger partial charge >= 0.3 is 6.03 Å². The van der Waals surface area contributed by atoms with Gasteiger partial charge in [-0.1, -0.05) is 12.1 Å². The van der Waals surface area contributed by atoms with Crippen molar-refractivity contribution in [2.45, 2.75) is 32.0 Å².